The normalized spacial score (nSPS) is 15.5. The zero-order valence-electron chi connectivity index (χ0n) is 18.8. The van der Waals surface area contributed by atoms with Crippen LogP contribution in [0.2, 0.25) is 10.0 Å². The van der Waals surface area contributed by atoms with E-state index in [0.29, 0.717) is 28.1 Å². The minimum absolute atomic E-state index is 0.0796. The Kier molecular flexibility index (Phi) is 6.97. The summed E-state index contributed by atoms with van der Waals surface area (Å²) in [7, 11) is 3.55. The first kappa shape index (κ1) is 23.6. The molecule has 1 aliphatic heterocycles. The molecule has 0 saturated carbocycles. The van der Waals surface area contributed by atoms with Crippen LogP contribution in [0.3, 0.4) is 0 Å². The summed E-state index contributed by atoms with van der Waals surface area (Å²) in [5, 5.41) is 8.15. The Morgan fingerprint density at radius 1 is 1.18 bits per heavy atom. The Morgan fingerprint density at radius 3 is 2.61 bits per heavy atom. The summed E-state index contributed by atoms with van der Waals surface area (Å²) < 4.78 is 22.6. The molecule has 3 aromatic rings. The number of anilines is 2. The highest BCUT2D eigenvalue weighted by Gasteiger charge is 2.24. The van der Waals surface area contributed by atoms with Crippen LogP contribution >= 0.6 is 23.2 Å². The van der Waals surface area contributed by atoms with Gasteiger partial charge in [0.25, 0.3) is 0 Å². The molecule has 176 valence electrons. The van der Waals surface area contributed by atoms with E-state index in [4.69, 9.17) is 33.7 Å². The van der Waals surface area contributed by atoms with Crippen molar-refractivity contribution in [2.75, 3.05) is 37.8 Å². The summed E-state index contributed by atoms with van der Waals surface area (Å²) in [6.07, 6.45) is 6.92. The minimum Gasteiger partial charge on any atom is -0.482 e. The van der Waals surface area contributed by atoms with E-state index in [1.165, 1.54) is 6.07 Å². The maximum absolute atomic E-state index is 14.5. The fourth-order valence-electron chi connectivity index (χ4n) is 4.01. The van der Waals surface area contributed by atoms with Gasteiger partial charge in [0, 0.05) is 49.2 Å². The second kappa shape index (κ2) is 9.75. The number of nitrogens with two attached hydrogens (primary N) is 1. The Bertz CT molecular complexity index is 1150. The average Bonchev–Trinajstić information content (AvgIpc) is 3.28. The van der Waals surface area contributed by atoms with Gasteiger partial charge in [-0.3, -0.25) is 4.68 Å². The summed E-state index contributed by atoms with van der Waals surface area (Å²) in [5.41, 5.74) is 8.68. The average molecular weight is 493 g/mol. The van der Waals surface area contributed by atoms with E-state index in [1.54, 1.807) is 38.2 Å². The van der Waals surface area contributed by atoms with Crippen molar-refractivity contribution in [1.29, 1.82) is 0 Å². The molecule has 4 rings (SSSR count). The number of rotatable bonds is 6. The third-order valence-electron chi connectivity index (χ3n) is 5.86. The number of nitrogens with zero attached hydrogens (tertiary/aromatic N) is 4. The molecule has 3 N–H and O–H groups in total. The molecule has 0 aliphatic carbocycles. The van der Waals surface area contributed by atoms with E-state index >= 15 is 0 Å². The summed E-state index contributed by atoms with van der Waals surface area (Å²) in [6.45, 7) is 3.72. The quantitative estimate of drug-likeness (QED) is 0.465. The molecule has 0 radical (unpaired) electrons. The predicted octanol–water partition coefficient (Wildman–Crippen LogP) is 5.10. The van der Waals surface area contributed by atoms with Crippen molar-refractivity contribution < 1.29 is 9.13 Å². The lowest BCUT2D eigenvalue weighted by molar-refractivity contribution is 0.227. The van der Waals surface area contributed by atoms with Gasteiger partial charge >= 0.3 is 0 Å². The number of piperidine rings is 1. The van der Waals surface area contributed by atoms with Gasteiger partial charge in [-0.05, 0) is 38.9 Å². The van der Waals surface area contributed by atoms with Gasteiger partial charge in [-0.2, -0.15) is 5.10 Å². The largest absolute Gasteiger partial charge is 0.482 e. The Labute approximate surface area is 202 Å². The highest BCUT2D eigenvalue weighted by atomic mass is 35.5. The maximum atomic E-state index is 14.5. The van der Waals surface area contributed by atoms with Gasteiger partial charge in [0.05, 0.1) is 28.0 Å². The molecule has 7 nitrogen and oxygen atoms in total. The smallest absolute Gasteiger partial charge is 0.166 e. The lowest BCUT2D eigenvalue weighted by Gasteiger charge is -2.23. The highest BCUT2D eigenvalue weighted by molar-refractivity contribution is 6.38. The maximum Gasteiger partial charge on any atom is 0.166 e. The van der Waals surface area contributed by atoms with Crippen molar-refractivity contribution in [2.24, 2.45) is 0 Å². The second-order valence-electron chi connectivity index (χ2n) is 8.37. The topological polar surface area (TPSA) is 81.2 Å². The molecule has 1 atom stereocenters. The number of pyridine rings is 1. The van der Waals surface area contributed by atoms with Crippen LogP contribution in [-0.4, -0.2) is 41.9 Å². The zero-order chi connectivity index (χ0) is 23.7. The number of aromatic nitrogens is 3. The monoisotopic (exact) mass is 492 g/mol. The number of halogens is 3. The Hall–Kier alpha value is -2.55. The van der Waals surface area contributed by atoms with Crippen molar-refractivity contribution >= 4 is 34.7 Å². The van der Waals surface area contributed by atoms with Crippen molar-refractivity contribution in [2.45, 2.75) is 31.9 Å². The molecule has 1 aromatic carbocycles. The predicted molar refractivity (Wildman–Crippen MR) is 131 cm³/mol. The lowest BCUT2D eigenvalue weighted by Crippen LogP contribution is -2.29. The van der Waals surface area contributed by atoms with E-state index in [1.807, 2.05) is 17.1 Å². The summed E-state index contributed by atoms with van der Waals surface area (Å²) in [4.78, 5) is 6.01. The van der Waals surface area contributed by atoms with E-state index in [-0.39, 0.29) is 10.8 Å². The van der Waals surface area contributed by atoms with E-state index in [0.717, 1.165) is 37.1 Å². The molecule has 33 heavy (non-hydrogen) atoms. The Morgan fingerprint density at radius 2 is 1.91 bits per heavy atom. The molecule has 1 fully saturated rings. The highest BCUT2D eigenvalue weighted by Crippen LogP contribution is 2.41. The molecule has 10 heteroatoms. The van der Waals surface area contributed by atoms with E-state index in [2.05, 4.69) is 15.4 Å². The third-order valence-corrected chi connectivity index (χ3v) is 6.64. The van der Waals surface area contributed by atoms with Crippen molar-refractivity contribution in [3.05, 3.63) is 52.1 Å². The van der Waals surface area contributed by atoms with Gasteiger partial charge in [-0.1, -0.05) is 23.2 Å². The van der Waals surface area contributed by atoms with Crippen LogP contribution in [0.5, 0.6) is 5.75 Å². The number of hydrogen-bond donors (Lipinski definition) is 2. The molecule has 1 saturated heterocycles. The molecule has 1 aliphatic rings. The molecule has 0 amide bonds. The lowest BCUT2D eigenvalue weighted by atomic mass is 10.1. The summed E-state index contributed by atoms with van der Waals surface area (Å²) >= 11 is 12.8. The van der Waals surface area contributed by atoms with Gasteiger partial charge in [0.1, 0.15) is 11.9 Å². The fraction of sp³-hybridized carbons (Fsp3) is 0.391. The van der Waals surface area contributed by atoms with Crippen LogP contribution < -0.4 is 20.7 Å². The van der Waals surface area contributed by atoms with Crippen LogP contribution in [0.1, 0.15) is 37.5 Å². The molecule has 0 bridgehead atoms. The molecule has 1 unspecified atom stereocenters. The van der Waals surface area contributed by atoms with E-state index in [9.17, 15) is 4.39 Å². The number of nitrogens with one attached hydrogen (secondary N) is 1. The molecule has 2 aromatic heterocycles. The molecule has 0 spiro atoms. The van der Waals surface area contributed by atoms with Crippen LogP contribution in [-0.2, 0) is 0 Å². The first-order chi connectivity index (χ1) is 15.8. The number of ether oxygens (including phenoxy) is 1. The number of benzene rings is 1. The Balaban J connectivity index is 1.61. The number of hydrogen-bond acceptors (Lipinski definition) is 6. The van der Waals surface area contributed by atoms with Gasteiger partial charge in [-0.25, -0.2) is 9.37 Å². The van der Waals surface area contributed by atoms with Crippen molar-refractivity contribution in [1.82, 2.24) is 20.1 Å². The van der Waals surface area contributed by atoms with Crippen molar-refractivity contribution in [3.8, 4) is 16.9 Å². The summed E-state index contributed by atoms with van der Waals surface area (Å²) in [5.74, 6) is 0.00522. The van der Waals surface area contributed by atoms with Gasteiger partial charge < -0.3 is 20.7 Å². The van der Waals surface area contributed by atoms with Gasteiger partial charge in [-0.15, -0.1) is 0 Å². The van der Waals surface area contributed by atoms with Gasteiger partial charge in [0.2, 0.25) is 0 Å². The standard InChI is InChI=1S/C23H27Cl2FN6O/c1-13(20-21(24)17(26)9-18(22(20)25)31(2)3)33-19-8-14(10-29-23(19)27)15-11-30-32(12-15)16-4-6-28-7-5-16/h8-13,16,28H,4-7H2,1-3H3,(H2,27,29). The fourth-order valence-corrected chi connectivity index (χ4v) is 4.83. The van der Waals surface area contributed by atoms with Gasteiger partial charge in [0.15, 0.2) is 11.6 Å². The zero-order valence-corrected chi connectivity index (χ0v) is 20.3. The van der Waals surface area contributed by atoms with Crippen molar-refractivity contribution in [3.63, 3.8) is 0 Å². The number of nitrogen functional groups attached to an aromatic ring is 1. The molecular formula is C23H27Cl2FN6O. The van der Waals surface area contributed by atoms with Crippen LogP contribution in [0.15, 0.2) is 30.7 Å². The van der Waals surface area contributed by atoms with E-state index < -0.39 is 11.9 Å². The first-order valence-corrected chi connectivity index (χ1v) is 11.5. The molecule has 3 heterocycles. The molecular weight excluding hydrogens is 466 g/mol. The van der Waals surface area contributed by atoms with Crippen LogP contribution in [0.25, 0.3) is 11.1 Å². The third kappa shape index (κ3) is 4.88. The SMILES string of the molecule is CC(Oc1cc(-c2cnn(C3CCNCC3)c2)cnc1N)c1c(Cl)c(F)cc(N(C)C)c1Cl. The van der Waals surface area contributed by atoms with Crippen LogP contribution in [0, 0.1) is 5.82 Å². The first-order valence-electron chi connectivity index (χ1n) is 10.8. The summed E-state index contributed by atoms with van der Waals surface area (Å²) in [6, 6.07) is 3.48. The van der Waals surface area contributed by atoms with Crippen LogP contribution in [0.4, 0.5) is 15.9 Å². The minimum atomic E-state index is -0.670. The second-order valence-corrected chi connectivity index (χ2v) is 9.13.